The number of amides is 2. The second-order valence-electron chi connectivity index (χ2n) is 7.40. The summed E-state index contributed by atoms with van der Waals surface area (Å²) >= 11 is 0. The summed E-state index contributed by atoms with van der Waals surface area (Å²) in [5.74, 6) is 3.04. The first-order chi connectivity index (χ1) is 16.5. The molecule has 3 rings (SSSR count). The Morgan fingerprint density at radius 2 is 1.68 bits per heavy atom. The molecule has 2 amide bonds. The van der Waals surface area contributed by atoms with Crippen LogP contribution in [0.2, 0.25) is 0 Å². The maximum Gasteiger partial charge on any atom is 0.305 e. The summed E-state index contributed by atoms with van der Waals surface area (Å²) < 4.78 is 0. The zero-order valence-corrected chi connectivity index (χ0v) is 18.3. The van der Waals surface area contributed by atoms with Crippen molar-refractivity contribution < 1.29 is 19.5 Å². The average molecular weight is 460 g/mol. The number of carboxylic acids is 1. The molecule has 174 valence electrons. The predicted molar refractivity (Wildman–Crippen MR) is 130 cm³/mol. The van der Waals surface area contributed by atoms with Crippen LogP contribution in [-0.2, 0) is 9.59 Å². The van der Waals surface area contributed by atoms with Crippen LogP contribution in [0.1, 0.15) is 28.4 Å². The van der Waals surface area contributed by atoms with Gasteiger partial charge in [-0.15, -0.1) is 0 Å². The quantitative estimate of drug-likeness (QED) is 0.136. The number of nitrogens with zero attached hydrogens (tertiary/aromatic N) is 1. The molecule has 9 nitrogen and oxygen atoms in total. The summed E-state index contributed by atoms with van der Waals surface area (Å²) in [6.45, 7) is -0.310. The van der Waals surface area contributed by atoms with Crippen LogP contribution in [0, 0.1) is 0 Å². The van der Waals surface area contributed by atoms with Crippen LogP contribution >= 0.6 is 0 Å². The Labute approximate surface area is 196 Å². The van der Waals surface area contributed by atoms with Crippen molar-refractivity contribution in [3.8, 4) is 11.1 Å². The SMILES string of the molecule is NN=CNc1cccc(C(=O)NCC(=O)NC(CC(=O)O)c2cccc(-c3ccccc3)c2)c1. The number of nitrogens with one attached hydrogen (secondary N) is 3. The fraction of sp³-hybridized carbons (Fsp3) is 0.120. The molecule has 3 aromatic carbocycles. The number of hydrogen-bond donors (Lipinski definition) is 5. The van der Waals surface area contributed by atoms with Gasteiger partial charge in [0.05, 0.1) is 19.0 Å². The molecule has 6 N–H and O–H groups in total. The fourth-order valence-corrected chi connectivity index (χ4v) is 3.36. The van der Waals surface area contributed by atoms with E-state index in [0.717, 1.165) is 11.1 Å². The van der Waals surface area contributed by atoms with Gasteiger partial charge in [-0.3, -0.25) is 14.4 Å². The lowest BCUT2D eigenvalue weighted by Gasteiger charge is -2.19. The lowest BCUT2D eigenvalue weighted by atomic mass is 9.98. The van der Waals surface area contributed by atoms with Crippen LogP contribution < -0.4 is 21.8 Å². The van der Waals surface area contributed by atoms with E-state index in [-0.39, 0.29) is 13.0 Å². The zero-order chi connectivity index (χ0) is 24.3. The number of carbonyl (C=O) groups excluding carboxylic acids is 2. The van der Waals surface area contributed by atoms with Crippen LogP contribution in [0.4, 0.5) is 5.69 Å². The van der Waals surface area contributed by atoms with E-state index >= 15 is 0 Å². The second-order valence-corrected chi connectivity index (χ2v) is 7.40. The minimum absolute atomic E-state index is 0.297. The number of carbonyl (C=O) groups is 3. The summed E-state index contributed by atoms with van der Waals surface area (Å²) in [7, 11) is 0. The lowest BCUT2D eigenvalue weighted by molar-refractivity contribution is -0.137. The van der Waals surface area contributed by atoms with E-state index in [2.05, 4.69) is 21.1 Å². The molecule has 1 atom stereocenters. The van der Waals surface area contributed by atoms with Crippen molar-refractivity contribution >= 4 is 29.8 Å². The first kappa shape index (κ1) is 24.0. The molecule has 0 aliphatic carbocycles. The third-order valence-corrected chi connectivity index (χ3v) is 4.95. The highest BCUT2D eigenvalue weighted by Crippen LogP contribution is 2.24. The van der Waals surface area contributed by atoms with Crippen molar-refractivity contribution in [3.63, 3.8) is 0 Å². The van der Waals surface area contributed by atoms with Gasteiger partial charge in [-0.05, 0) is 41.0 Å². The van der Waals surface area contributed by atoms with E-state index in [1.807, 2.05) is 48.5 Å². The van der Waals surface area contributed by atoms with Gasteiger partial charge >= 0.3 is 5.97 Å². The molecular weight excluding hydrogens is 434 g/mol. The maximum absolute atomic E-state index is 12.5. The first-order valence-corrected chi connectivity index (χ1v) is 10.5. The molecular formula is C25H25N5O4. The monoisotopic (exact) mass is 459 g/mol. The summed E-state index contributed by atoms with van der Waals surface area (Å²) in [5, 5.41) is 20.7. The topological polar surface area (TPSA) is 146 Å². The van der Waals surface area contributed by atoms with Crippen molar-refractivity contribution in [2.45, 2.75) is 12.5 Å². The highest BCUT2D eigenvalue weighted by molar-refractivity contribution is 5.97. The third kappa shape index (κ3) is 6.92. The van der Waals surface area contributed by atoms with E-state index in [1.54, 1.807) is 30.3 Å². The molecule has 34 heavy (non-hydrogen) atoms. The Balaban J connectivity index is 1.66. The molecule has 3 aromatic rings. The Bertz CT molecular complexity index is 1180. The van der Waals surface area contributed by atoms with Crippen LogP contribution in [-0.4, -0.2) is 35.8 Å². The molecule has 0 aliphatic rings. The van der Waals surface area contributed by atoms with Gasteiger partial charge in [-0.1, -0.05) is 54.6 Å². The van der Waals surface area contributed by atoms with E-state index in [1.165, 1.54) is 6.34 Å². The number of rotatable bonds is 10. The van der Waals surface area contributed by atoms with Crippen molar-refractivity contribution in [2.75, 3.05) is 11.9 Å². The molecule has 1 unspecified atom stereocenters. The largest absolute Gasteiger partial charge is 0.481 e. The van der Waals surface area contributed by atoms with Gasteiger partial charge in [0.25, 0.3) is 5.91 Å². The minimum atomic E-state index is -1.05. The summed E-state index contributed by atoms with van der Waals surface area (Å²) in [4.78, 5) is 36.4. The molecule has 0 spiro atoms. The number of hydrazone groups is 1. The van der Waals surface area contributed by atoms with Crippen molar-refractivity contribution in [1.29, 1.82) is 0 Å². The molecule has 0 fully saturated rings. The van der Waals surface area contributed by atoms with Crippen LogP contribution in [0.3, 0.4) is 0 Å². The van der Waals surface area contributed by atoms with Gasteiger partial charge in [0.15, 0.2) is 0 Å². The number of aliphatic carboxylic acids is 1. The van der Waals surface area contributed by atoms with Gasteiger partial charge in [0.1, 0.15) is 6.34 Å². The maximum atomic E-state index is 12.5. The number of benzene rings is 3. The molecule has 0 heterocycles. The number of nitrogens with two attached hydrogens (primary N) is 1. The summed E-state index contributed by atoms with van der Waals surface area (Å²) in [6.07, 6.45) is 0.980. The van der Waals surface area contributed by atoms with Crippen LogP contribution in [0.25, 0.3) is 11.1 Å². The number of carboxylic acid groups (broad SMARTS) is 1. The molecule has 0 saturated heterocycles. The van der Waals surface area contributed by atoms with Crippen molar-refractivity contribution in [2.24, 2.45) is 10.9 Å². The molecule has 0 radical (unpaired) electrons. The molecule has 0 aromatic heterocycles. The highest BCUT2D eigenvalue weighted by atomic mass is 16.4. The standard InChI is InChI=1S/C25H25N5O4/c26-29-16-28-21-11-5-10-20(13-21)25(34)27-15-23(31)30-22(14-24(32)33)19-9-4-8-18(12-19)17-6-2-1-3-7-17/h1-13,16,22H,14-15,26H2,(H,27,34)(H,28,29)(H,30,31)(H,32,33). The Hall–Kier alpha value is -4.66. The van der Waals surface area contributed by atoms with Gasteiger partial charge in [0, 0.05) is 11.3 Å². The number of anilines is 1. The average Bonchev–Trinajstić information content (AvgIpc) is 2.86. The predicted octanol–water partition coefficient (Wildman–Crippen LogP) is 2.73. The van der Waals surface area contributed by atoms with Crippen molar-refractivity contribution in [1.82, 2.24) is 10.6 Å². The van der Waals surface area contributed by atoms with E-state index in [4.69, 9.17) is 5.84 Å². The Kier molecular flexibility index (Phi) is 8.34. The molecule has 0 bridgehead atoms. The van der Waals surface area contributed by atoms with E-state index < -0.39 is 23.8 Å². The minimum Gasteiger partial charge on any atom is -0.481 e. The van der Waals surface area contributed by atoms with E-state index in [0.29, 0.717) is 16.8 Å². The van der Waals surface area contributed by atoms with Crippen LogP contribution in [0.15, 0.2) is 84.0 Å². The number of hydrogen-bond acceptors (Lipinski definition) is 5. The van der Waals surface area contributed by atoms with Gasteiger partial charge in [-0.2, -0.15) is 5.10 Å². The van der Waals surface area contributed by atoms with Gasteiger partial charge < -0.3 is 26.9 Å². The smallest absolute Gasteiger partial charge is 0.305 e. The van der Waals surface area contributed by atoms with Gasteiger partial charge in [0.2, 0.25) is 5.91 Å². The molecule has 9 heteroatoms. The molecule has 0 aliphatic heterocycles. The third-order valence-electron chi connectivity index (χ3n) is 4.95. The second kappa shape index (κ2) is 11.8. The first-order valence-electron chi connectivity index (χ1n) is 10.5. The summed E-state index contributed by atoms with van der Waals surface area (Å²) in [6, 6.07) is 22.8. The zero-order valence-electron chi connectivity index (χ0n) is 18.3. The van der Waals surface area contributed by atoms with Crippen molar-refractivity contribution in [3.05, 3.63) is 90.0 Å². The molecule has 0 saturated carbocycles. The van der Waals surface area contributed by atoms with Gasteiger partial charge in [-0.25, -0.2) is 0 Å². The normalized spacial score (nSPS) is 11.5. The fourth-order valence-electron chi connectivity index (χ4n) is 3.36. The van der Waals surface area contributed by atoms with Crippen LogP contribution in [0.5, 0.6) is 0 Å². The lowest BCUT2D eigenvalue weighted by Crippen LogP contribution is -2.39. The Morgan fingerprint density at radius 1 is 0.941 bits per heavy atom. The Morgan fingerprint density at radius 3 is 2.41 bits per heavy atom. The van der Waals surface area contributed by atoms with E-state index in [9.17, 15) is 19.5 Å². The highest BCUT2D eigenvalue weighted by Gasteiger charge is 2.19. The summed E-state index contributed by atoms with van der Waals surface area (Å²) in [5.41, 5.74) is 3.48.